The third-order valence-electron chi connectivity index (χ3n) is 8.47. The van der Waals surface area contributed by atoms with Gasteiger partial charge in [-0.15, -0.1) is 5.10 Å². The number of imidazole rings is 1. The molecule has 0 amide bonds. The Morgan fingerprint density at radius 3 is 2.66 bits per heavy atom. The first-order valence-corrected chi connectivity index (χ1v) is 14.8. The highest BCUT2D eigenvalue weighted by Gasteiger charge is 2.26. The third kappa shape index (κ3) is 5.90. The van der Waals surface area contributed by atoms with E-state index >= 15 is 0 Å². The van der Waals surface area contributed by atoms with E-state index in [4.69, 9.17) is 19.4 Å². The molecular formula is C32H32FN7O4. The molecule has 0 saturated carbocycles. The van der Waals surface area contributed by atoms with Gasteiger partial charge in [0.05, 0.1) is 53.9 Å². The Balaban J connectivity index is 0.986. The average molecular weight is 598 g/mol. The molecule has 2 aliphatic rings. The molecule has 0 radical (unpaired) electrons. The molecule has 2 saturated heterocycles. The van der Waals surface area contributed by atoms with Crippen molar-refractivity contribution in [2.24, 2.45) is 0 Å². The fourth-order valence-corrected chi connectivity index (χ4v) is 5.88. The fourth-order valence-electron chi connectivity index (χ4n) is 5.88. The van der Waals surface area contributed by atoms with Crippen LogP contribution >= 0.6 is 0 Å². The van der Waals surface area contributed by atoms with Crippen LogP contribution in [-0.4, -0.2) is 71.3 Å². The van der Waals surface area contributed by atoms with Gasteiger partial charge in [-0.2, -0.15) is 0 Å². The van der Waals surface area contributed by atoms with Gasteiger partial charge in [-0.05, 0) is 62.7 Å². The summed E-state index contributed by atoms with van der Waals surface area (Å²) in [6.45, 7) is 3.93. The molecule has 12 heteroatoms. The summed E-state index contributed by atoms with van der Waals surface area (Å²) in [5, 5.41) is 17.2. The van der Waals surface area contributed by atoms with Gasteiger partial charge in [-0.3, -0.25) is 4.90 Å². The molecule has 0 aliphatic carbocycles. The number of aromatic carboxylic acids is 1. The van der Waals surface area contributed by atoms with Gasteiger partial charge < -0.3 is 19.1 Å². The number of carbonyl (C=O) groups is 1. The maximum Gasteiger partial charge on any atom is 0.335 e. The second kappa shape index (κ2) is 12.1. The van der Waals surface area contributed by atoms with E-state index in [2.05, 4.69) is 19.8 Å². The molecule has 226 valence electrons. The zero-order valence-electron chi connectivity index (χ0n) is 24.0. The number of pyridine rings is 1. The van der Waals surface area contributed by atoms with Gasteiger partial charge in [0.2, 0.25) is 5.88 Å². The zero-order chi connectivity index (χ0) is 30.0. The van der Waals surface area contributed by atoms with Crippen LogP contribution < -0.4 is 4.74 Å². The molecule has 0 bridgehead atoms. The van der Waals surface area contributed by atoms with Crippen molar-refractivity contribution in [2.45, 2.75) is 51.0 Å². The number of carboxylic acids is 1. The number of likely N-dealkylation sites (tertiary alicyclic amines) is 1. The van der Waals surface area contributed by atoms with E-state index in [1.165, 1.54) is 10.7 Å². The number of benzene rings is 2. The van der Waals surface area contributed by atoms with Gasteiger partial charge in [0, 0.05) is 35.9 Å². The van der Waals surface area contributed by atoms with E-state index in [0.29, 0.717) is 30.2 Å². The Bertz CT molecular complexity index is 1780. The minimum Gasteiger partial charge on any atom is -0.478 e. The second-order valence-electron chi connectivity index (χ2n) is 11.3. The number of piperidine rings is 1. The van der Waals surface area contributed by atoms with E-state index in [0.717, 1.165) is 61.5 Å². The van der Waals surface area contributed by atoms with Crippen LogP contribution in [-0.2, 0) is 24.4 Å². The largest absolute Gasteiger partial charge is 0.478 e. The van der Waals surface area contributed by atoms with Gasteiger partial charge in [0.25, 0.3) is 0 Å². The normalized spacial score (nSPS) is 17.5. The van der Waals surface area contributed by atoms with Crippen molar-refractivity contribution in [3.8, 4) is 11.6 Å². The Kier molecular flexibility index (Phi) is 7.75. The number of halogens is 1. The van der Waals surface area contributed by atoms with Crippen molar-refractivity contribution in [1.82, 2.24) is 34.4 Å². The van der Waals surface area contributed by atoms with Gasteiger partial charge in [0.1, 0.15) is 18.2 Å². The number of hydrogen-bond donors (Lipinski definition) is 1. The van der Waals surface area contributed by atoms with Crippen molar-refractivity contribution < 1.29 is 23.8 Å². The van der Waals surface area contributed by atoms with Crippen molar-refractivity contribution in [1.29, 1.82) is 0 Å². The van der Waals surface area contributed by atoms with Crippen molar-refractivity contribution in [3.05, 3.63) is 95.5 Å². The zero-order valence-corrected chi connectivity index (χ0v) is 24.0. The first-order valence-electron chi connectivity index (χ1n) is 14.8. The molecular weight excluding hydrogens is 565 g/mol. The summed E-state index contributed by atoms with van der Waals surface area (Å²) in [6, 6.07) is 15.7. The summed E-state index contributed by atoms with van der Waals surface area (Å²) in [7, 11) is 0. The van der Waals surface area contributed by atoms with Gasteiger partial charge >= 0.3 is 5.97 Å². The molecule has 1 N–H and O–H groups in total. The molecule has 0 spiro atoms. The highest BCUT2D eigenvalue weighted by Crippen LogP contribution is 2.30. The Labute approximate surface area is 252 Å². The number of hydrogen-bond acceptors (Lipinski definition) is 8. The van der Waals surface area contributed by atoms with Crippen LogP contribution in [0.25, 0.3) is 16.7 Å². The summed E-state index contributed by atoms with van der Waals surface area (Å²) in [6.07, 6.45) is 6.19. The first kappa shape index (κ1) is 28.1. The molecule has 2 aromatic carbocycles. The molecule has 5 heterocycles. The molecule has 2 fully saturated rings. The van der Waals surface area contributed by atoms with Gasteiger partial charge in [0.15, 0.2) is 0 Å². The summed E-state index contributed by atoms with van der Waals surface area (Å²) in [5.74, 6) is 0.353. The van der Waals surface area contributed by atoms with E-state index in [-0.39, 0.29) is 30.0 Å². The molecule has 2 aliphatic heterocycles. The number of aromatic nitrogens is 6. The number of fused-ring (bicyclic) bond motifs is 1. The van der Waals surface area contributed by atoms with Crippen LogP contribution in [0, 0.1) is 5.82 Å². The first-order chi connectivity index (χ1) is 21.5. The van der Waals surface area contributed by atoms with Crippen LogP contribution in [0.1, 0.15) is 52.6 Å². The summed E-state index contributed by atoms with van der Waals surface area (Å²) in [4.78, 5) is 23.6. The van der Waals surface area contributed by atoms with Crippen LogP contribution in [0.4, 0.5) is 4.39 Å². The quantitative estimate of drug-likeness (QED) is 0.246. The summed E-state index contributed by atoms with van der Waals surface area (Å²) in [5.41, 5.74) is 3.88. The lowest BCUT2D eigenvalue weighted by Gasteiger charge is -2.32. The van der Waals surface area contributed by atoms with Crippen LogP contribution in [0.5, 0.6) is 5.88 Å². The fraction of sp³-hybridized carbons (Fsp3) is 0.344. The Morgan fingerprint density at radius 2 is 1.93 bits per heavy atom. The molecule has 7 rings (SSSR count). The highest BCUT2D eigenvalue weighted by molar-refractivity contribution is 5.92. The highest BCUT2D eigenvalue weighted by atomic mass is 19.1. The third-order valence-corrected chi connectivity index (χ3v) is 8.47. The lowest BCUT2D eigenvalue weighted by molar-refractivity contribution is -0.0592. The van der Waals surface area contributed by atoms with Gasteiger partial charge in [-0.25, -0.2) is 23.8 Å². The number of carboxylic acid groups (broad SMARTS) is 1. The molecule has 3 aromatic heterocycles. The lowest BCUT2D eigenvalue weighted by atomic mass is 9.93. The molecule has 11 nitrogen and oxygen atoms in total. The van der Waals surface area contributed by atoms with Crippen LogP contribution in [0.15, 0.2) is 67.0 Å². The van der Waals surface area contributed by atoms with Gasteiger partial charge in [-0.1, -0.05) is 17.3 Å². The Morgan fingerprint density at radius 1 is 1.07 bits per heavy atom. The van der Waals surface area contributed by atoms with E-state index in [1.807, 2.05) is 12.1 Å². The Hall–Kier alpha value is -4.68. The van der Waals surface area contributed by atoms with E-state index in [1.54, 1.807) is 48.8 Å². The minimum atomic E-state index is -0.948. The second-order valence-corrected chi connectivity index (χ2v) is 11.3. The predicted molar refractivity (Wildman–Crippen MR) is 158 cm³/mol. The van der Waals surface area contributed by atoms with Crippen molar-refractivity contribution >= 4 is 17.0 Å². The maximum atomic E-state index is 14.7. The topological polar surface area (TPSA) is 120 Å². The summed E-state index contributed by atoms with van der Waals surface area (Å²) < 4.78 is 29.9. The standard InChI is InChI=1S/C32H32FN7O4/c33-26-17-24(40-14-11-34-37-40)6-4-23(26)20-44-31-3-1-2-27(36-31)21-8-12-38(13-9-21)19-30-35-28-7-5-22(32(41)42)16-29(28)39(30)18-25-10-15-43-25/h1-7,11,14,16-17,21,25H,8-10,12-13,15,18-20H2,(H,41,42). The van der Waals surface area contributed by atoms with Crippen molar-refractivity contribution in [3.63, 3.8) is 0 Å². The van der Waals surface area contributed by atoms with E-state index < -0.39 is 5.97 Å². The molecule has 44 heavy (non-hydrogen) atoms. The monoisotopic (exact) mass is 597 g/mol. The average Bonchev–Trinajstić information content (AvgIpc) is 3.67. The van der Waals surface area contributed by atoms with Crippen LogP contribution in [0.2, 0.25) is 0 Å². The minimum absolute atomic E-state index is 0.0687. The lowest BCUT2D eigenvalue weighted by Crippen LogP contribution is -2.35. The van der Waals surface area contributed by atoms with Crippen molar-refractivity contribution in [2.75, 3.05) is 19.7 Å². The van der Waals surface area contributed by atoms with Crippen LogP contribution in [0.3, 0.4) is 0 Å². The molecule has 5 aromatic rings. The molecule has 1 unspecified atom stereocenters. The maximum absolute atomic E-state index is 14.7. The molecule has 1 atom stereocenters. The number of rotatable bonds is 10. The SMILES string of the molecule is O=C(O)c1ccc2nc(CN3CCC(c4cccc(OCc5ccc(-n6ccnn6)cc5F)n4)CC3)n(CC3CCO3)c2c1. The predicted octanol–water partition coefficient (Wildman–Crippen LogP) is 4.60. The van der Waals surface area contributed by atoms with E-state index in [9.17, 15) is 14.3 Å². The summed E-state index contributed by atoms with van der Waals surface area (Å²) >= 11 is 0. The smallest absolute Gasteiger partial charge is 0.335 e. The number of ether oxygens (including phenoxy) is 2. The number of nitrogens with zero attached hydrogens (tertiary/aromatic N) is 7.